The predicted octanol–water partition coefficient (Wildman–Crippen LogP) is 1.88. The lowest BCUT2D eigenvalue weighted by atomic mass is 10.2. The molecule has 6 nitrogen and oxygen atoms in total. The van der Waals surface area contributed by atoms with Gasteiger partial charge in [0.05, 0.1) is 11.5 Å². The molecule has 1 unspecified atom stereocenters. The van der Waals surface area contributed by atoms with E-state index in [1.54, 1.807) is 24.3 Å². The average molecular weight is 349 g/mol. The van der Waals surface area contributed by atoms with Gasteiger partial charge in [-0.25, -0.2) is 12.8 Å². The highest BCUT2D eigenvalue weighted by atomic mass is 32.2. The van der Waals surface area contributed by atoms with Gasteiger partial charge in [-0.1, -0.05) is 0 Å². The fourth-order valence-electron chi connectivity index (χ4n) is 2.50. The van der Waals surface area contributed by atoms with Gasteiger partial charge in [-0.05, 0) is 42.8 Å². The van der Waals surface area contributed by atoms with E-state index in [4.69, 9.17) is 0 Å². The third kappa shape index (κ3) is 4.08. The summed E-state index contributed by atoms with van der Waals surface area (Å²) in [4.78, 5) is 16.2. The zero-order chi connectivity index (χ0) is 17.2. The van der Waals surface area contributed by atoms with E-state index >= 15 is 0 Å². The normalized spacial score (nSPS) is 19.0. The number of carbonyl (C=O) groups is 1. The third-order valence-corrected chi connectivity index (χ3v) is 5.46. The van der Waals surface area contributed by atoms with Crippen molar-refractivity contribution in [2.24, 2.45) is 0 Å². The Kier molecular flexibility index (Phi) is 4.48. The predicted molar refractivity (Wildman–Crippen MR) is 88.4 cm³/mol. The van der Waals surface area contributed by atoms with Gasteiger partial charge in [0.15, 0.2) is 9.84 Å². The SMILES string of the molecule is O=C(NC1CCS(=O)(=O)C1)c1cc(Nc2ccc(F)cc2)ccn1. The van der Waals surface area contributed by atoms with Gasteiger partial charge in [-0.3, -0.25) is 9.78 Å². The Hall–Kier alpha value is -2.48. The molecule has 1 fully saturated rings. The van der Waals surface area contributed by atoms with Crippen LogP contribution < -0.4 is 10.6 Å². The highest BCUT2D eigenvalue weighted by Gasteiger charge is 2.29. The van der Waals surface area contributed by atoms with Gasteiger partial charge < -0.3 is 10.6 Å². The molecular formula is C16H16FN3O3S. The van der Waals surface area contributed by atoms with Crippen molar-refractivity contribution in [3.05, 3.63) is 54.1 Å². The second kappa shape index (κ2) is 6.56. The number of anilines is 2. The van der Waals surface area contributed by atoms with Crippen LogP contribution in [0, 0.1) is 5.82 Å². The Balaban J connectivity index is 1.68. The fraction of sp³-hybridized carbons (Fsp3) is 0.250. The van der Waals surface area contributed by atoms with Crippen LogP contribution in [0.25, 0.3) is 0 Å². The molecule has 24 heavy (non-hydrogen) atoms. The van der Waals surface area contributed by atoms with Gasteiger partial charge in [-0.2, -0.15) is 0 Å². The maximum Gasteiger partial charge on any atom is 0.270 e. The van der Waals surface area contributed by atoms with E-state index in [-0.39, 0.29) is 29.1 Å². The lowest BCUT2D eigenvalue weighted by Gasteiger charge is -2.11. The maximum atomic E-state index is 12.9. The van der Waals surface area contributed by atoms with E-state index < -0.39 is 15.7 Å². The van der Waals surface area contributed by atoms with Crippen molar-refractivity contribution < 1.29 is 17.6 Å². The first-order valence-electron chi connectivity index (χ1n) is 7.41. The molecule has 2 aromatic rings. The Labute approximate surface area is 139 Å². The molecule has 3 rings (SSSR count). The summed E-state index contributed by atoms with van der Waals surface area (Å²) in [6, 6.07) is 8.69. The number of pyridine rings is 1. The number of amides is 1. The number of aromatic nitrogens is 1. The number of hydrogen-bond donors (Lipinski definition) is 2. The summed E-state index contributed by atoms with van der Waals surface area (Å²) in [5.74, 6) is -0.689. The molecule has 0 aliphatic carbocycles. The second-order valence-electron chi connectivity index (χ2n) is 5.64. The summed E-state index contributed by atoms with van der Waals surface area (Å²) in [5.41, 5.74) is 1.49. The lowest BCUT2D eigenvalue weighted by molar-refractivity contribution is 0.0936. The Morgan fingerprint density at radius 2 is 1.92 bits per heavy atom. The van der Waals surface area contributed by atoms with Crippen molar-refractivity contribution in [3.8, 4) is 0 Å². The van der Waals surface area contributed by atoms with Crippen molar-refractivity contribution in [2.75, 3.05) is 16.8 Å². The minimum absolute atomic E-state index is 0.0355. The molecule has 0 radical (unpaired) electrons. The van der Waals surface area contributed by atoms with E-state index in [2.05, 4.69) is 15.6 Å². The maximum absolute atomic E-state index is 12.9. The molecule has 1 aromatic heterocycles. The summed E-state index contributed by atoms with van der Waals surface area (Å²) in [7, 11) is -3.05. The van der Waals surface area contributed by atoms with E-state index in [1.165, 1.54) is 18.3 Å². The monoisotopic (exact) mass is 349 g/mol. The molecule has 8 heteroatoms. The van der Waals surface area contributed by atoms with Crippen LogP contribution in [0.15, 0.2) is 42.6 Å². The van der Waals surface area contributed by atoms with E-state index in [9.17, 15) is 17.6 Å². The standard InChI is InChI=1S/C16H16FN3O3S/c17-11-1-3-12(4-2-11)19-13-5-7-18-15(9-13)16(21)20-14-6-8-24(22,23)10-14/h1-5,7,9,14H,6,8,10H2,(H,18,19)(H,20,21). The zero-order valence-electron chi connectivity index (χ0n) is 12.7. The second-order valence-corrected chi connectivity index (χ2v) is 7.86. The van der Waals surface area contributed by atoms with Gasteiger partial charge in [0.25, 0.3) is 5.91 Å². The molecule has 126 valence electrons. The summed E-state index contributed by atoms with van der Waals surface area (Å²) >= 11 is 0. The van der Waals surface area contributed by atoms with Gasteiger partial charge >= 0.3 is 0 Å². The van der Waals surface area contributed by atoms with Crippen LogP contribution in [0.4, 0.5) is 15.8 Å². The molecule has 2 heterocycles. The van der Waals surface area contributed by atoms with Crippen molar-refractivity contribution in [1.29, 1.82) is 0 Å². The minimum Gasteiger partial charge on any atom is -0.355 e. The Bertz CT molecular complexity index is 853. The molecule has 1 aromatic carbocycles. The van der Waals surface area contributed by atoms with Gasteiger partial charge in [-0.15, -0.1) is 0 Å². The van der Waals surface area contributed by atoms with Crippen molar-refractivity contribution in [1.82, 2.24) is 10.3 Å². The quantitative estimate of drug-likeness (QED) is 0.880. The smallest absolute Gasteiger partial charge is 0.270 e. The van der Waals surface area contributed by atoms with Crippen LogP contribution in [0.5, 0.6) is 0 Å². The Morgan fingerprint density at radius 1 is 1.17 bits per heavy atom. The first-order chi connectivity index (χ1) is 11.4. The number of nitrogens with one attached hydrogen (secondary N) is 2. The van der Waals surface area contributed by atoms with Crippen LogP contribution in [0.2, 0.25) is 0 Å². The number of rotatable bonds is 4. The van der Waals surface area contributed by atoms with E-state index in [1.807, 2.05) is 0 Å². The van der Waals surface area contributed by atoms with E-state index in [0.29, 0.717) is 17.8 Å². The first-order valence-corrected chi connectivity index (χ1v) is 9.23. The van der Waals surface area contributed by atoms with Crippen molar-refractivity contribution >= 4 is 27.1 Å². The molecule has 1 saturated heterocycles. The number of nitrogens with zero attached hydrogens (tertiary/aromatic N) is 1. The van der Waals surface area contributed by atoms with Crippen molar-refractivity contribution in [2.45, 2.75) is 12.5 Å². The van der Waals surface area contributed by atoms with Gasteiger partial charge in [0, 0.05) is 23.6 Å². The van der Waals surface area contributed by atoms with Crippen LogP contribution in [0.1, 0.15) is 16.9 Å². The van der Waals surface area contributed by atoms with Crippen LogP contribution in [-0.4, -0.2) is 36.9 Å². The van der Waals surface area contributed by atoms with Crippen LogP contribution in [-0.2, 0) is 9.84 Å². The highest BCUT2D eigenvalue weighted by Crippen LogP contribution is 2.17. The molecule has 2 N–H and O–H groups in total. The van der Waals surface area contributed by atoms with Crippen molar-refractivity contribution in [3.63, 3.8) is 0 Å². The molecule has 1 aliphatic heterocycles. The third-order valence-electron chi connectivity index (χ3n) is 3.69. The van der Waals surface area contributed by atoms with Crippen LogP contribution in [0.3, 0.4) is 0 Å². The zero-order valence-corrected chi connectivity index (χ0v) is 13.5. The summed E-state index contributed by atoms with van der Waals surface area (Å²) in [6.07, 6.45) is 1.90. The van der Waals surface area contributed by atoms with Gasteiger partial charge in [0.1, 0.15) is 11.5 Å². The molecule has 0 bridgehead atoms. The largest absolute Gasteiger partial charge is 0.355 e. The first kappa shape index (κ1) is 16.4. The molecule has 0 saturated carbocycles. The molecule has 1 aliphatic rings. The minimum atomic E-state index is -3.05. The number of sulfone groups is 1. The lowest BCUT2D eigenvalue weighted by Crippen LogP contribution is -2.36. The fourth-order valence-corrected chi connectivity index (χ4v) is 4.17. The number of halogens is 1. The Morgan fingerprint density at radius 3 is 2.58 bits per heavy atom. The topological polar surface area (TPSA) is 88.2 Å². The number of hydrogen-bond acceptors (Lipinski definition) is 5. The van der Waals surface area contributed by atoms with Gasteiger partial charge in [0.2, 0.25) is 0 Å². The highest BCUT2D eigenvalue weighted by molar-refractivity contribution is 7.91. The number of benzene rings is 1. The molecule has 1 atom stereocenters. The summed E-state index contributed by atoms with van der Waals surface area (Å²) in [6.45, 7) is 0. The summed E-state index contributed by atoms with van der Waals surface area (Å²) < 4.78 is 35.8. The van der Waals surface area contributed by atoms with Crippen LogP contribution >= 0.6 is 0 Å². The molecule has 0 spiro atoms. The average Bonchev–Trinajstić information content (AvgIpc) is 2.88. The molecule has 1 amide bonds. The number of carbonyl (C=O) groups excluding carboxylic acids is 1. The molecular weight excluding hydrogens is 333 g/mol. The van der Waals surface area contributed by atoms with E-state index in [0.717, 1.165) is 0 Å². The summed E-state index contributed by atoms with van der Waals surface area (Å²) in [5, 5.41) is 5.74.